The Kier molecular flexibility index (Phi) is 6.00. The number of hydrogen-bond donors (Lipinski definition) is 1. The number of rotatable bonds is 8. The van der Waals surface area contributed by atoms with Gasteiger partial charge in [-0.2, -0.15) is 0 Å². The van der Waals surface area contributed by atoms with E-state index in [9.17, 15) is 0 Å². The molecule has 1 N–H and O–H groups in total. The van der Waals surface area contributed by atoms with Gasteiger partial charge in [0.25, 0.3) is 0 Å². The minimum Gasteiger partial charge on any atom is -0.491 e. The van der Waals surface area contributed by atoms with Crippen LogP contribution in [0, 0.1) is 6.92 Å². The second kappa shape index (κ2) is 7.99. The van der Waals surface area contributed by atoms with E-state index in [-0.39, 0.29) is 0 Å². The molecule has 0 fully saturated rings. The average Bonchev–Trinajstić information content (AvgIpc) is 2.49. The number of para-hydroxylation sites is 1. The van der Waals surface area contributed by atoms with Gasteiger partial charge >= 0.3 is 0 Å². The fraction of sp³-hybridized carbons (Fsp3) is 0.500. The van der Waals surface area contributed by atoms with E-state index in [0.29, 0.717) is 6.04 Å². The fourth-order valence-corrected chi connectivity index (χ4v) is 2.40. The highest BCUT2D eigenvalue weighted by Gasteiger charge is 2.05. The summed E-state index contributed by atoms with van der Waals surface area (Å²) in [5.74, 6) is 0.894. The molecule has 0 aliphatic rings. The predicted molar refractivity (Wildman–Crippen MR) is 89.0 cm³/mol. The van der Waals surface area contributed by atoms with E-state index in [2.05, 4.69) is 36.3 Å². The number of pyridine rings is 1. The van der Waals surface area contributed by atoms with Crippen LogP contribution in [0.3, 0.4) is 0 Å². The van der Waals surface area contributed by atoms with Crippen molar-refractivity contribution in [3.05, 3.63) is 36.0 Å². The van der Waals surface area contributed by atoms with E-state index in [1.165, 1.54) is 6.42 Å². The van der Waals surface area contributed by atoms with E-state index >= 15 is 0 Å². The zero-order valence-corrected chi connectivity index (χ0v) is 13.4. The van der Waals surface area contributed by atoms with Crippen molar-refractivity contribution in [1.82, 2.24) is 10.3 Å². The van der Waals surface area contributed by atoms with Gasteiger partial charge < -0.3 is 10.1 Å². The standard InChI is InChI=1S/C18H26N2O/c1-4-12-19-14(2)7-6-13-21-17-9-5-8-16-11-10-15(3)20-18(16)17/h5,8-11,14,19H,4,6-7,12-13H2,1-3H3. The molecule has 0 aliphatic heterocycles. The first kappa shape index (κ1) is 15.8. The Balaban J connectivity index is 1.87. The summed E-state index contributed by atoms with van der Waals surface area (Å²) in [6.07, 6.45) is 3.37. The lowest BCUT2D eigenvalue weighted by Gasteiger charge is -2.13. The van der Waals surface area contributed by atoms with Gasteiger partial charge in [-0.05, 0) is 51.8 Å². The van der Waals surface area contributed by atoms with Gasteiger partial charge in [0, 0.05) is 17.1 Å². The monoisotopic (exact) mass is 286 g/mol. The highest BCUT2D eigenvalue weighted by atomic mass is 16.5. The maximum absolute atomic E-state index is 5.94. The maximum Gasteiger partial charge on any atom is 0.145 e. The molecule has 0 amide bonds. The minimum absolute atomic E-state index is 0.557. The molecular weight excluding hydrogens is 260 g/mol. The minimum atomic E-state index is 0.557. The molecule has 1 aromatic heterocycles. The SMILES string of the molecule is CCCNC(C)CCCOc1cccc2ccc(C)nc12. The Bertz CT molecular complexity index is 568. The molecule has 1 atom stereocenters. The van der Waals surface area contributed by atoms with Crippen molar-refractivity contribution in [3.63, 3.8) is 0 Å². The zero-order valence-electron chi connectivity index (χ0n) is 13.4. The van der Waals surface area contributed by atoms with E-state index in [1.54, 1.807) is 0 Å². The average molecular weight is 286 g/mol. The lowest BCUT2D eigenvalue weighted by molar-refractivity contribution is 0.300. The second-order valence-corrected chi connectivity index (χ2v) is 5.63. The molecule has 0 saturated heterocycles. The first-order chi connectivity index (χ1) is 10.2. The number of nitrogens with zero attached hydrogens (tertiary/aromatic N) is 1. The van der Waals surface area contributed by atoms with Crippen molar-refractivity contribution in [2.24, 2.45) is 0 Å². The summed E-state index contributed by atoms with van der Waals surface area (Å²) in [4.78, 5) is 4.59. The van der Waals surface area contributed by atoms with Gasteiger partial charge in [0.15, 0.2) is 0 Å². The number of benzene rings is 1. The van der Waals surface area contributed by atoms with Crippen LogP contribution in [0.4, 0.5) is 0 Å². The van der Waals surface area contributed by atoms with Crippen molar-refractivity contribution in [3.8, 4) is 5.75 Å². The molecular formula is C18H26N2O. The topological polar surface area (TPSA) is 34.1 Å². The van der Waals surface area contributed by atoms with E-state index in [4.69, 9.17) is 4.74 Å². The molecule has 114 valence electrons. The van der Waals surface area contributed by atoms with Crippen molar-refractivity contribution in [2.75, 3.05) is 13.2 Å². The summed E-state index contributed by atoms with van der Waals surface area (Å²) >= 11 is 0. The van der Waals surface area contributed by atoms with Crippen LogP contribution in [0.1, 0.15) is 38.8 Å². The van der Waals surface area contributed by atoms with Crippen molar-refractivity contribution in [1.29, 1.82) is 0 Å². The number of fused-ring (bicyclic) bond motifs is 1. The van der Waals surface area contributed by atoms with Crippen LogP contribution >= 0.6 is 0 Å². The largest absolute Gasteiger partial charge is 0.491 e. The Morgan fingerprint density at radius 1 is 1.24 bits per heavy atom. The molecule has 1 heterocycles. The van der Waals surface area contributed by atoms with Gasteiger partial charge in [-0.25, -0.2) is 4.98 Å². The van der Waals surface area contributed by atoms with E-state index in [1.807, 2.05) is 25.1 Å². The fourth-order valence-electron chi connectivity index (χ4n) is 2.40. The Hall–Kier alpha value is -1.61. The molecule has 3 nitrogen and oxygen atoms in total. The van der Waals surface area contributed by atoms with Gasteiger partial charge in [0.2, 0.25) is 0 Å². The van der Waals surface area contributed by atoms with Crippen molar-refractivity contribution < 1.29 is 4.74 Å². The summed E-state index contributed by atoms with van der Waals surface area (Å²) in [6, 6.07) is 10.8. The zero-order chi connectivity index (χ0) is 15.1. The summed E-state index contributed by atoms with van der Waals surface area (Å²) in [6.45, 7) is 8.27. The molecule has 3 heteroatoms. The van der Waals surface area contributed by atoms with Crippen LogP contribution in [0.25, 0.3) is 10.9 Å². The highest BCUT2D eigenvalue weighted by molar-refractivity contribution is 5.84. The quantitative estimate of drug-likeness (QED) is 0.742. The third-order valence-electron chi connectivity index (χ3n) is 3.60. The third kappa shape index (κ3) is 4.71. The van der Waals surface area contributed by atoms with Gasteiger partial charge in [0.05, 0.1) is 6.61 Å². The Labute approximate surface area is 127 Å². The Morgan fingerprint density at radius 3 is 2.90 bits per heavy atom. The molecule has 1 unspecified atom stereocenters. The highest BCUT2D eigenvalue weighted by Crippen LogP contribution is 2.24. The molecule has 21 heavy (non-hydrogen) atoms. The first-order valence-electron chi connectivity index (χ1n) is 7.93. The van der Waals surface area contributed by atoms with E-state index in [0.717, 1.165) is 48.3 Å². The lowest BCUT2D eigenvalue weighted by atomic mass is 10.2. The predicted octanol–water partition coefficient (Wildman–Crippen LogP) is 4.09. The van der Waals surface area contributed by atoms with Crippen LogP contribution in [-0.2, 0) is 0 Å². The molecule has 0 spiro atoms. The van der Waals surface area contributed by atoms with Gasteiger partial charge in [-0.3, -0.25) is 0 Å². The summed E-state index contributed by atoms with van der Waals surface area (Å²) in [7, 11) is 0. The van der Waals surface area contributed by atoms with Gasteiger partial charge in [-0.15, -0.1) is 0 Å². The van der Waals surface area contributed by atoms with Crippen molar-refractivity contribution in [2.45, 2.75) is 46.1 Å². The van der Waals surface area contributed by atoms with Crippen LogP contribution < -0.4 is 10.1 Å². The summed E-state index contributed by atoms with van der Waals surface area (Å²) in [5, 5.41) is 4.64. The van der Waals surface area contributed by atoms with Crippen molar-refractivity contribution >= 4 is 10.9 Å². The van der Waals surface area contributed by atoms with Gasteiger partial charge in [-0.1, -0.05) is 25.1 Å². The molecule has 0 aliphatic carbocycles. The van der Waals surface area contributed by atoms with E-state index < -0.39 is 0 Å². The first-order valence-corrected chi connectivity index (χ1v) is 7.93. The molecule has 0 bridgehead atoms. The number of nitrogens with one attached hydrogen (secondary N) is 1. The maximum atomic E-state index is 5.94. The smallest absolute Gasteiger partial charge is 0.145 e. The molecule has 0 saturated carbocycles. The van der Waals surface area contributed by atoms with Crippen LogP contribution in [-0.4, -0.2) is 24.2 Å². The molecule has 0 radical (unpaired) electrons. The van der Waals surface area contributed by atoms with Crippen LogP contribution in [0.15, 0.2) is 30.3 Å². The summed E-state index contributed by atoms with van der Waals surface area (Å²) in [5.41, 5.74) is 1.99. The number of hydrogen-bond acceptors (Lipinski definition) is 3. The molecule has 2 aromatic rings. The number of aryl methyl sites for hydroxylation is 1. The number of aromatic nitrogens is 1. The Morgan fingerprint density at radius 2 is 2.10 bits per heavy atom. The van der Waals surface area contributed by atoms with Crippen LogP contribution in [0.2, 0.25) is 0 Å². The van der Waals surface area contributed by atoms with Gasteiger partial charge in [0.1, 0.15) is 11.3 Å². The lowest BCUT2D eigenvalue weighted by Crippen LogP contribution is -2.26. The second-order valence-electron chi connectivity index (χ2n) is 5.63. The third-order valence-corrected chi connectivity index (χ3v) is 3.60. The molecule has 1 aromatic carbocycles. The molecule has 2 rings (SSSR count). The van der Waals surface area contributed by atoms with Crippen LogP contribution in [0.5, 0.6) is 5.75 Å². The number of ether oxygens (including phenoxy) is 1. The normalized spacial score (nSPS) is 12.5. The summed E-state index contributed by atoms with van der Waals surface area (Å²) < 4.78 is 5.94.